The molecule has 17 heavy (non-hydrogen) atoms. The van der Waals surface area contributed by atoms with Crippen molar-refractivity contribution >= 4 is 5.97 Å². The van der Waals surface area contributed by atoms with Crippen molar-refractivity contribution in [2.75, 3.05) is 6.61 Å². The lowest BCUT2D eigenvalue weighted by atomic mass is 9.84. The van der Waals surface area contributed by atoms with Crippen LogP contribution in [0, 0.1) is 17.5 Å². The zero-order valence-electron chi connectivity index (χ0n) is 9.81. The summed E-state index contributed by atoms with van der Waals surface area (Å²) in [6, 6.07) is 1.83. The van der Waals surface area contributed by atoms with Crippen LogP contribution in [0.1, 0.15) is 26.3 Å². The second-order valence-corrected chi connectivity index (χ2v) is 4.07. The molecule has 0 bridgehead atoms. The van der Waals surface area contributed by atoms with Gasteiger partial charge in [0.2, 0.25) is 0 Å². The van der Waals surface area contributed by atoms with E-state index in [1.165, 1.54) is 13.8 Å². The van der Waals surface area contributed by atoms with Gasteiger partial charge in [0, 0.05) is 5.56 Å². The Hall–Kier alpha value is -1.52. The van der Waals surface area contributed by atoms with Crippen molar-refractivity contribution in [3.63, 3.8) is 0 Å². The van der Waals surface area contributed by atoms with E-state index in [1.807, 2.05) is 0 Å². The van der Waals surface area contributed by atoms with Crippen LogP contribution in [0.3, 0.4) is 0 Å². The monoisotopic (exact) mass is 246 g/mol. The van der Waals surface area contributed by atoms with Crippen LogP contribution in [0.25, 0.3) is 0 Å². The Morgan fingerprint density at radius 2 is 1.82 bits per heavy atom. The quantitative estimate of drug-likeness (QED) is 0.605. The number of benzene rings is 1. The molecule has 0 radical (unpaired) electrons. The predicted octanol–water partition coefficient (Wildman–Crippen LogP) is 2.94. The standard InChI is InChI=1S/C12H13F3O2/c1-4-17-11(16)12(2,3)7-5-6-8(13)10(15)9(7)14/h5-6H,4H2,1-3H3. The summed E-state index contributed by atoms with van der Waals surface area (Å²) in [5.74, 6) is -4.92. The van der Waals surface area contributed by atoms with E-state index in [4.69, 9.17) is 4.74 Å². The molecule has 1 aromatic rings. The lowest BCUT2D eigenvalue weighted by Gasteiger charge is -2.23. The van der Waals surface area contributed by atoms with E-state index in [0.29, 0.717) is 0 Å². The molecule has 0 atom stereocenters. The minimum atomic E-state index is -1.58. The first-order chi connectivity index (χ1) is 7.82. The average molecular weight is 246 g/mol. The molecule has 0 N–H and O–H groups in total. The highest BCUT2D eigenvalue weighted by molar-refractivity contribution is 5.82. The largest absolute Gasteiger partial charge is 0.465 e. The van der Waals surface area contributed by atoms with E-state index in [0.717, 1.165) is 12.1 Å². The number of carbonyl (C=O) groups excluding carboxylic acids is 1. The van der Waals surface area contributed by atoms with Crippen molar-refractivity contribution in [3.8, 4) is 0 Å². The third-order valence-corrected chi connectivity index (χ3v) is 2.49. The zero-order chi connectivity index (χ0) is 13.2. The van der Waals surface area contributed by atoms with Crippen LogP contribution < -0.4 is 0 Å². The van der Waals surface area contributed by atoms with E-state index in [2.05, 4.69) is 0 Å². The molecule has 0 spiro atoms. The van der Waals surface area contributed by atoms with Crippen molar-refractivity contribution < 1.29 is 22.7 Å². The fraction of sp³-hybridized carbons (Fsp3) is 0.417. The van der Waals surface area contributed by atoms with Crippen LogP contribution in [0.4, 0.5) is 13.2 Å². The molecular formula is C12H13F3O2. The minimum Gasteiger partial charge on any atom is -0.465 e. The van der Waals surface area contributed by atoms with Gasteiger partial charge in [-0.15, -0.1) is 0 Å². The molecule has 0 heterocycles. The van der Waals surface area contributed by atoms with Crippen molar-refractivity contribution in [2.45, 2.75) is 26.2 Å². The predicted molar refractivity (Wildman–Crippen MR) is 56.0 cm³/mol. The molecule has 5 heteroatoms. The van der Waals surface area contributed by atoms with Crippen LogP contribution >= 0.6 is 0 Å². The molecule has 0 amide bonds. The fourth-order valence-corrected chi connectivity index (χ4v) is 1.43. The molecular weight excluding hydrogens is 233 g/mol. The van der Waals surface area contributed by atoms with Gasteiger partial charge in [-0.2, -0.15) is 0 Å². The SMILES string of the molecule is CCOC(=O)C(C)(C)c1ccc(F)c(F)c1F. The highest BCUT2D eigenvalue weighted by Gasteiger charge is 2.35. The molecule has 0 aromatic heterocycles. The summed E-state index contributed by atoms with van der Waals surface area (Å²) in [4.78, 5) is 11.6. The molecule has 1 rings (SSSR count). The number of halogens is 3. The Balaban J connectivity index is 3.24. The Labute approximate surface area is 97.4 Å². The summed E-state index contributed by atoms with van der Waals surface area (Å²) in [7, 11) is 0. The number of hydrogen-bond donors (Lipinski definition) is 0. The highest BCUT2D eigenvalue weighted by atomic mass is 19.2. The van der Waals surface area contributed by atoms with Gasteiger partial charge in [-0.25, -0.2) is 13.2 Å². The molecule has 0 aliphatic carbocycles. The van der Waals surface area contributed by atoms with Crippen LogP contribution in [0.15, 0.2) is 12.1 Å². The van der Waals surface area contributed by atoms with E-state index in [-0.39, 0.29) is 12.2 Å². The number of carbonyl (C=O) groups is 1. The average Bonchev–Trinajstić information content (AvgIpc) is 2.26. The summed E-state index contributed by atoms with van der Waals surface area (Å²) in [6.07, 6.45) is 0. The molecule has 1 aromatic carbocycles. The lowest BCUT2D eigenvalue weighted by Crippen LogP contribution is -2.32. The van der Waals surface area contributed by atoms with Crippen molar-refractivity contribution in [3.05, 3.63) is 35.1 Å². The maximum absolute atomic E-state index is 13.5. The van der Waals surface area contributed by atoms with Crippen LogP contribution in [0.5, 0.6) is 0 Å². The summed E-state index contributed by atoms with van der Waals surface area (Å²) in [5.41, 5.74) is -1.59. The van der Waals surface area contributed by atoms with E-state index in [9.17, 15) is 18.0 Å². The second-order valence-electron chi connectivity index (χ2n) is 4.07. The van der Waals surface area contributed by atoms with Crippen molar-refractivity contribution in [2.24, 2.45) is 0 Å². The van der Waals surface area contributed by atoms with E-state index >= 15 is 0 Å². The normalized spacial score (nSPS) is 11.4. The highest BCUT2D eigenvalue weighted by Crippen LogP contribution is 2.29. The van der Waals surface area contributed by atoms with Gasteiger partial charge in [0.15, 0.2) is 17.5 Å². The first kappa shape index (κ1) is 13.5. The molecule has 0 aliphatic heterocycles. The van der Waals surface area contributed by atoms with Gasteiger partial charge in [-0.3, -0.25) is 4.79 Å². The van der Waals surface area contributed by atoms with Crippen LogP contribution in [-0.2, 0) is 14.9 Å². The van der Waals surface area contributed by atoms with Gasteiger partial charge in [-0.1, -0.05) is 6.07 Å². The Bertz CT molecular complexity index is 442. The molecule has 2 nitrogen and oxygen atoms in total. The summed E-state index contributed by atoms with van der Waals surface area (Å²) in [5, 5.41) is 0. The Morgan fingerprint density at radius 3 is 2.35 bits per heavy atom. The van der Waals surface area contributed by atoms with Gasteiger partial charge < -0.3 is 4.74 Å². The van der Waals surface area contributed by atoms with Gasteiger partial charge in [0.25, 0.3) is 0 Å². The molecule has 0 saturated heterocycles. The summed E-state index contributed by atoms with van der Waals surface area (Å²) >= 11 is 0. The van der Waals surface area contributed by atoms with Crippen LogP contribution in [0.2, 0.25) is 0 Å². The van der Waals surface area contributed by atoms with Gasteiger partial charge in [-0.05, 0) is 26.8 Å². The van der Waals surface area contributed by atoms with Gasteiger partial charge in [0.05, 0.1) is 12.0 Å². The van der Waals surface area contributed by atoms with Gasteiger partial charge in [0.1, 0.15) is 0 Å². The van der Waals surface area contributed by atoms with Crippen molar-refractivity contribution in [1.29, 1.82) is 0 Å². The smallest absolute Gasteiger partial charge is 0.316 e. The van der Waals surface area contributed by atoms with Crippen LogP contribution in [-0.4, -0.2) is 12.6 Å². The lowest BCUT2D eigenvalue weighted by molar-refractivity contribution is -0.148. The Morgan fingerprint density at radius 1 is 1.24 bits per heavy atom. The first-order valence-electron chi connectivity index (χ1n) is 5.13. The number of ether oxygens (including phenoxy) is 1. The Kier molecular flexibility index (Phi) is 3.80. The maximum atomic E-state index is 13.5. The maximum Gasteiger partial charge on any atom is 0.316 e. The van der Waals surface area contributed by atoms with Gasteiger partial charge >= 0.3 is 5.97 Å². The molecule has 0 unspecified atom stereocenters. The molecule has 0 fully saturated rings. The number of esters is 1. The topological polar surface area (TPSA) is 26.3 Å². The summed E-state index contributed by atoms with van der Waals surface area (Å²) < 4.78 is 44.1. The number of rotatable bonds is 3. The molecule has 94 valence electrons. The van der Waals surface area contributed by atoms with E-state index < -0.39 is 28.8 Å². The second kappa shape index (κ2) is 4.77. The zero-order valence-corrected chi connectivity index (χ0v) is 9.81. The third kappa shape index (κ3) is 2.43. The summed E-state index contributed by atoms with van der Waals surface area (Å²) in [6.45, 7) is 4.52. The van der Waals surface area contributed by atoms with Crippen molar-refractivity contribution in [1.82, 2.24) is 0 Å². The third-order valence-electron chi connectivity index (χ3n) is 2.49. The number of hydrogen-bond acceptors (Lipinski definition) is 2. The first-order valence-corrected chi connectivity index (χ1v) is 5.13. The fourth-order valence-electron chi connectivity index (χ4n) is 1.43. The minimum absolute atomic E-state index is 0.132. The molecule has 0 saturated carbocycles. The molecule has 0 aliphatic rings. The van der Waals surface area contributed by atoms with E-state index in [1.54, 1.807) is 6.92 Å².